The van der Waals surface area contributed by atoms with Gasteiger partial charge in [-0.25, -0.2) is 14.6 Å². The number of hydrogen-bond donors (Lipinski definition) is 2. The third kappa shape index (κ3) is 6.07. The van der Waals surface area contributed by atoms with Crippen LogP contribution in [0.4, 0.5) is 4.39 Å². The number of methoxy groups -OCH3 is 1. The summed E-state index contributed by atoms with van der Waals surface area (Å²) in [4.78, 5) is 28.8. The van der Waals surface area contributed by atoms with E-state index >= 15 is 0 Å². The highest BCUT2D eigenvalue weighted by Gasteiger charge is 2.23. The van der Waals surface area contributed by atoms with Gasteiger partial charge in [-0.3, -0.25) is 9.78 Å². The Balaban J connectivity index is 1.87. The number of aromatic nitrogens is 1. The number of benzene rings is 3. The Morgan fingerprint density at radius 2 is 1.73 bits per heavy atom. The fourth-order valence-electron chi connectivity index (χ4n) is 3.79. The van der Waals surface area contributed by atoms with Gasteiger partial charge in [-0.05, 0) is 47.4 Å². The molecular weight excluding hydrogens is 475 g/mol. The average molecular weight is 501 g/mol. The number of nitrogens with zero attached hydrogens (tertiary/aromatic N) is 2. The normalized spacial score (nSPS) is 11.3. The zero-order valence-electron chi connectivity index (χ0n) is 20.3. The molecule has 8 nitrogen and oxygen atoms in total. The number of halogens is 1. The molecule has 9 heteroatoms. The van der Waals surface area contributed by atoms with Crippen molar-refractivity contribution in [2.24, 2.45) is 10.8 Å². The largest absolute Gasteiger partial charge is 0.486 e. The summed E-state index contributed by atoms with van der Waals surface area (Å²) in [5.74, 6) is -1.16. The lowest BCUT2D eigenvalue weighted by Gasteiger charge is -2.16. The number of pyridine rings is 1. The number of nitrogens with two attached hydrogens (primary N) is 1. The third-order valence-electron chi connectivity index (χ3n) is 5.55. The zero-order chi connectivity index (χ0) is 26.4. The maximum atomic E-state index is 13.4. The van der Waals surface area contributed by atoms with E-state index in [2.05, 4.69) is 15.5 Å². The second-order valence-electron chi connectivity index (χ2n) is 8.27. The maximum Gasteiger partial charge on any atom is 0.341 e. The first-order chi connectivity index (χ1) is 17.9. The minimum Gasteiger partial charge on any atom is -0.486 e. The number of hydrazone groups is 1. The molecule has 0 bridgehead atoms. The summed E-state index contributed by atoms with van der Waals surface area (Å²) < 4.78 is 24.5. The first-order valence-corrected chi connectivity index (χ1v) is 11.4. The van der Waals surface area contributed by atoms with Gasteiger partial charge in [0.1, 0.15) is 23.5 Å². The lowest BCUT2D eigenvalue weighted by Crippen LogP contribution is -2.23. The number of nitrogens with one attached hydrogen (secondary N) is 1. The molecule has 0 aliphatic rings. The number of carbonyl (C=O) groups excluding carboxylic acids is 2. The molecule has 1 heterocycles. The van der Waals surface area contributed by atoms with Crippen LogP contribution in [0.15, 0.2) is 78.0 Å². The Morgan fingerprint density at radius 1 is 1.00 bits per heavy atom. The molecule has 4 rings (SSSR count). The molecule has 1 amide bonds. The van der Waals surface area contributed by atoms with Crippen LogP contribution in [0.5, 0.6) is 5.75 Å². The molecule has 0 saturated carbocycles. The zero-order valence-corrected chi connectivity index (χ0v) is 20.3. The van der Waals surface area contributed by atoms with Gasteiger partial charge in [-0.1, -0.05) is 42.5 Å². The third-order valence-corrected chi connectivity index (χ3v) is 5.55. The van der Waals surface area contributed by atoms with E-state index in [0.717, 1.165) is 16.7 Å². The van der Waals surface area contributed by atoms with Crippen LogP contribution in [-0.2, 0) is 22.6 Å². The number of rotatable bonds is 8. The van der Waals surface area contributed by atoms with Gasteiger partial charge in [0, 0.05) is 24.1 Å². The number of amidine groups is 1. The molecule has 37 heavy (non-hydrogen) atoms. The Hall–Kier alpha value is -4.79. The summed E-state index contributed by atoms with van der Waals surface area (Å²) in [6.45, 7) is 1.49. The standard InChI is InChI=1S/C28H25FN4O4/c1-17(34)32-33-27(30)23-14-24(28(35)36-2)26(37-16-19-6-4-3-5-7-19)25-22(23)13-20(15-31-25)12-18-8-10-21(29)11-9-18/h3-11,13-15H,12,16H2,1-2H3,(H2,30,33)(H,32,34). The van der Waals surface area contributed by atoms with Crippen molar-refractivity contribution in [2.75, 3.05) is 7.11 Å². The molecule has 0 saturated heterocycles. The molecule has 4 aromatic rings. The first kappa shape index (κ1) is 25.3. The molecule has 0 atom stereocenters. The minimum absolute atomic E-state index is 0.0271. The fraction of sp³-hybridized carbons (Fsp3) is 0.143. The lowest BCUT2D eigenvalue weighted by molar-refractivity contribution is -0.118. The van der Waals surface area contributed by atoms with E-state index in [1.54, 1.807) is 18.3 Å². The summed E-state index contributed by atoms with van der Waals surface area (Å²) in [6, 6.07) is 19.0. The second kappa shape index (κ2) is 11.3. The van der Waals surface area contributed by atoms with E-state index in [4.69, 9.17) is 15.2 Å². The molecule has 3 aromatic carbocycles. The Kier molecular flexibility index (Phi) is 7.73. The van der Waals surface area contributed by atoms with Gasteiger partial charge in [-0.2, -0.15) is 5.10 Å². The topological polar surface area (TPSA) is 116 Å². The van der Waals surface area contributed by atoms with Crippen molar-refractivity contribution in [2.45, 2.75) is 20.0 Å². The SMILES string of the molecule is COC(=O)c1cc(/C(N)=N\NC(C)=O)c2cc(Cc3ccc(F)cc3)cnc2c1OCc1ccccc1. The number of carbonyl (C=O) groups is 2. The van der Waals surface area contributed by atoms with Crippen LogP contribution in [0.3, 0.4) is 0 Å². The number of ether oxygens (including phenoxy) is 2. The molecule has 188 valence electrons. The quantitative estimate of drug-likeness (QED) is 0.163. The van der Waals surface area contributed by atoms with E-state index in [1.165, 1.54) is 32.2 Å². The van der Waals surface area contributed by atoms with Crippen LogP contribution in [0.2, 0.25) is 0 Å². The number of hydrogen-bond acceptors (Lipinski definition) is 6. The highest BCUT2D eigenvalue weighted by molar-refractivity contribution is 6.13. The van der Waals surface area contributed by atoms with Gasteiger partial charge >= 0.3 is 5.97 Å². The second-order valence-corrected chi connectivity index (χ2v) is 8.27. The summed E-state index contributed by atoms with van der Waals surface area (Å²) in [6.07, 6.45) is 2.14. The van der Waals surface area contributed by atoms with Crippen molar-refractivity contribution in [3.8, 4) is 5.75 Å². The predicted octanol–water partition coefficient (Wildman–Crippen LogP) is 4.09. The van der Waals surface area contributed by atoms with E-state index in [0.29, 0.717) is 22.9 Å². The van der Waals surface area contributed by atoms with E-state index in [1.807, 2.05) is 36.4 Å². The summed E-state index contributed by atoms with van der Waals surface area (Å²) >= 11 is 0. The average Bonchev–Trinajstić information content (AvgIpc) is 2.91. The minimum atomic E-state index is -0.643. The maximum absolute atomic E-state index is 13.4. The Labute approximate surface area is 212 Å². The van der Waals surface area contributed by atoms with Gasteiger partial charge in [-0.15, -0.1) is 0 Å². The van der Waals surface area contributed by atoms with Gasteiger partial charge in [0.15, 0.2) is 11.6 Å². The van der Waals surface area contributed by atoms with Crippen LogP contribution in [0, 0.1) is 5.82 Å². The highest BCUT2D eigenvalue weighted by Crippen LogP contribution is 2.33. The van der Waals surface area contributed by atoms with Crippen LogP contribution >= 0.6 is 0 Å². The van der Waals surface area contributed by atoms with Crippen molar-refractivity contribution in [1.29, 1.82) is 0 Å². The molecule has 1 aromatic heterocycles. The predicted molar refractivity (Wildman–Crippen MR) is 138 cm³/mol. The summed E-state index contributed by atoms with van der Waals surface area (Å²) in [7, 11) is 1.27. The summed E-state index contributed by atoms with van der Waals surface area (Å²) in [5, 5.41) is 4.51. The van der Waals surface area contributed by atoms with E-state index in [9.17, 15) is 14.0 Å². The molecule has 0 fully saturated rings. The number of esters is 1. The van der Waals surface area contributed by atoms with Crippen molar-refractivity contribution < 1.29 is 23.5 Å². The first-order valence-electron chi connectivity index (χ1n) is 11.4. The molecule has 0 aliphatic carbocycles. The van der Waals surface area contributed by atoms with Crippen molar-refractivity contribution in [1.82, 2.24) is 10.4 Å². The number of amides is 1. The van der Waals surface area contributed by atoms with Gasteiger partial charge < -0.3 is 15.2 Å². The molecule has 0 unspecified atom stereocenters. The van der Waals surface area contributed by atoms with Crippen molar-refractivity contribution >= 4 is 28.6 Å². The Morgan fingerprint density at radius 3 is 2.41 bits per heavy atom. The summed E-state index contributed by atoms with van der Waals surface area (Å²) in [5.41, 5.74) is 12.0. The van der Waals surface area contributed by atoms with Gasteiger partial charge in [0.2, 0.25) is 5.91 Å². The smallest absolute Gasteiger partial charge is 0.341 e. The molecular formula is C28H25FN4O4. The van der Waals surface area contributed by atoms with Crippen molar-refractivity contribution in [3.63, 3.8) is 0 Å². The highest BCUT2D eigenvalue weighted by atomic mass is 19.1. The Bertz CT molecular complexity index is 1470. The fourth-order valence-corrected chi connectivity index (χ4v) is 3.79. The number of fused-ring (bicyclic) bond motifs is 1. The van der Waals surface area contributed by atoms with Gasteiger partial charge in [0.05, 0.1) is 7.11 Å². The van der Waals surface area contributed by atoms with Crippen molar-refractivity contribution in [3.05, 3.63) is 107 Å². The monoisotopic (exact) mass is 500 g/mol. The van der Waals surface area contributed by atoms with Crippen LogP contribution in [-0.4, -0.2) is 29.8 Å². The molecule has 3 N–H and O–H groups in total. The van der Waals surface area contributed by atoms with Crippen LogP contribution < -0.4 is 15.9 Å². The van der Waals surface area contributed by atoms with E-state index in [-0.39, 0.29) is 29.6 Å². The van der Waals surface area contributed by atoms with Gasteiger partial charge in [0.25, 0.3) is 0 Å². The lowest BCUT2D eigenvalue weighted by atomic mass is 9.98. The van der Waals surface area contributed by atoms with Crippen LogP contribution in [0.1, 0.15) is 39.5 Å². The molecule has 0 radical (unpaired) electrons. The molecule has 0 spiro atoms. The van der Waals surface area contributed by atoms with E-state index < -0.39 is 11.9 Å². The molecule has 0 aliphatic heterocycles. The van der Waals surface area contributed by atoms with Crippen LogP contribution in [0.25, 0.3) is 10.9 Å².